The van der Waals surface area contributed by atoms with Crippen LogP contribution in [0.25, 0.3) is 34.0 Å². The van der Waals surface area contributed by atoms with E-state index in [0.29, 0.717) is 5.82 Å². The van der Waals surface area contributed by atoms with Crippen LogP contribution in [0.5, 0.6) is 0 Å². The van der Waals surface area contributed by atoms with Crippen molar-refractivity contribution in [2.45, 2.75) is 0 Å². The van der Waals surface area contributed by atoms with Gasteiger partial charge in [-0.05, 0) is 18.2 Å². The molecule has 4 heteroatoms. The molecular formula is C21H14BrN3. The van der Waals surface area contributed by atoms with Gasteiger partial charge in [0.2, 0.25) is 0 Å². The fourth-order valence-electron chi connectivity index (χ4n) is 2.60. The molecule has 0 bridgehead atoms. The largest absolute Gasteiger partial charge is 0.255 e. The maximum Gasteiger partial charge on any atom is 0.160 e. The van der Waals surface area contributed by atoms with Crippen LogP contribution in [0, 0.1) is 0 Å². The molecule has 3 nitrogen and oxygen atoms in total. The van der Waals surface area contributed by atoms with Crippen LogP contribution in [0.1, 0.15) is 0 Å². The van der Waals surface area contributed by atoms with E-state index in [1.807, 2.05) is 66.7 Å². The van der Waals surface area contributed by atoms with Crippen LogP contribution in [-0.2, 0) is 0 Å². The lowest BCUT2D eigenvalue weighted by Gasteiger charge is -2.09. The molecule has 120 valence electrons. The first-order chi connectivity index (χ1) is 12.3. The van der Waals surface area contributed by atoms with E-state index in [4.69, 9.17) is 9.97 Å². The summed E-state index contributed by atoms with van der Waals surface area (Å²) in [5, 5.41) is 0. The topological polar surface area (TPSA) is 38.7 Å². The molecule has 25 heavy (non-hydrogen) atoms. The maximum absolute atomic E-state index is 4.77. The standard InChI is InChI=1S/C21H14BrN3/c22-17-11-12-23-19(13-17)20-14-18(15-7-3-1-4-8-15)24-21(25-20)16-9-5-2-6-10-16/h1-14H. The zero-order valence-electron chi connectivity index (χ0n) is 13.3. The fraction of sp³-hybridized carbons (Fsp3) is 0. The molecule has 4 aromatic rings. The van der Waals surface area contributed by atoms with Crippen molar-refractivity contribution in [1.82, 2.24) is 15.0 Å². The van der Waals surface area contributed by atoms with Gasteiger partial charge in [-0.3, -0.25) is 4.98 Å². The number of nitrogens with zero attached hydrogens (tertiary/aromatic N) is 3. The van der Waals surface area contributed by atoms with Gasteiger partial charge in [0.05, 0.1) is 17.1 Å². The summed E-state index contributed by atoms with van der Waals surface area (Å²) in [6, 6.07) is 26.0. The summed E-state index contributed by atoms with van der Waals surface area (Å²) < 4.78 is 0.971. The second-order valence-corrected chi connectivity index (χ2v) is 6.47. The molecule has 0 amide bonds. The number of halogens is 1. The van der Waals surface area contributed by atoms with E-state index in [0.717, 1.165) is 32.7 Å². The number of hydrogen-bond acceptors (Lipinski definition) is 3. The molecule has 0 aliphatic heterocycles. The van der Waals surface area contributed by atoms with Crippen LogP contribution >= 0.6 is 15.9 Å². The number of hydrogen-bond donors (Lipinski definition) is 0. The van der Waals surface area contributed by atoms with Gasteiger partial charge in [0.1, 0.15) is 0 Å². The Hall–Kier alpha value is -2.85. The molecule has 0 atom stereocenters. The van der Waals surface area contributed by atoms with Crippen LogP contribution in [-0.4, -0.2) is 15.0 Å². The smallest absolute Gasteiger partial charge is 0.160 e. The number of pyridine rings is 1. The second-order valence-electron chi connectivity index (χ2n) is 5.55. The molecule has 0 aliphatic carbocycles. The minimum Gasteiger partial charge on any atom is -0.255 e. The molecule has 0 unspecified atom stereocenters. The first-order valence-electron chi connectivity index (χ1n) is 7.91. The van der Waals surface area contributed by atoms with Crippen molar-refractivity contribution < 1.29 is 0 Å². The lowest BCUT2D eigenvalue weighted by atomic mass is 10.1. The maximum atomic E-state index is 4.77. The highest BCUT2D eigenvalue weighted by Gasteiger charge is 2.11. The highest BCUT2D eigenvalue weighted by Crippen LogP contribution is 2.27. The monoisotopic (exact) mass is 387 g/mol. The lowest BCUT2D eigenvalue weighted by molar-refractivity contribution is 1.16. The zero-order valence-corrected chi connectivity index (χ0v) is 14.9. The Morgan fingerprint density at radius 1 is 0.600 bits per heavy atom. The van der Waals surface area contributed by atoms with Gasteiger partial charge < -0.3 is 0 Å². The van der Waals surface area contributed by atoms with Crippen molar-refractivity contribution in [3.8, 4) is 34.0 Å². The number of benzene rings is 2. The van der Waals surface area contributed by atoms with Gasteiger partial charge in [0, 0.05) is 21.8 Å². The predicted molar refractivity (Wildman–Crippen MR) is 104 cm³/mol. The van der Waals surface area contributed by atoms with Crippen molar-refractivity contribution in [1.29, 1.82) is 0 Å². The van der Waals surface area contributed by atoms with Crippen LogP contribution in [0.2, 0.25) is 0 Å². The van der Waals surface area contributed by atoms with E-state index in [9.17, 15) is 0 Å². The van der Waals surface area contributed by atoms with Crippen LogP contribution in [0.4, 0.5) is 0 Å². The van der Waals surface area contributed by atoms with Gasteiger partial charge in [-0.1, -0.05) is 76.6 Å². The Morgan fingerprint density at radius 2 is 1.24 bits per heavy atom. The van der Waals surface area contributed by atoms with Crippen LogP contribution in [0.3, 0.4) is 0 Å². The Balaban J connectivity index is 1.92. The summed E-state index contributed by atoms with van der Waals surface area (Å²) in [5.41, 5.74) is 4.53. The molecular weight excluding hydrogens is 374 g/mol. The summed E-state index contributed by atoms with van der Waals surface area (Å²) >= 11 is 3.50. The Morgan fingerprint density at radius 3 is 1.92 bits per heavy atom. The normalized spacial score (nSPS) is 10.6. The molecule has 2 aromatic heterocycles. The third-order valence-corrected chi connectivity index (χ3v) is 4.31. The predicted octanol–water partition coefficient (Wildman–Crippen LogP) is 5.64. The lowest BCUT2D eigenvalue weighted by Crippen LogP contribution is -1.96. The first kappa shape index (κ1) is 15.7. The van der Waals surface area contributed by atoms with E-state index in [2.05, 4.69) is 33.0 Å². The molecule has 0 spiro atoms. The minimum absolute atomic E-state index is 0.693. The molecule has 0 saturated carbocycles. The van der Waals surface area contributed by atoms with Gasteiger partial charge in [0.25, 0.3) is 0 Å². The van der Waals surface area contributed by atoms with Crippen LogP contribution in [0.15, 0.2) is 89.5 Å². The summed E-state index contributed by atoms with van der Waals surface area (Å²) in [6.07, 6.45) is 1.77. The molecule has 0 aliphatic rings. The first-order valence-corrected chi connectivity index (χ1v) is 8.71. The highest BCUT2D eigenvalue weighted by molar-refractivity contribution is 9.10. The van der Waals surface area contributed by atoms with E-state index in [1.165, 1.54) is 0 Å². The molecule has 0 fully saturated rings. The van der Waals surface area contributed by atoms with Crippen molar-refractivity contribution in [2.24, 2.45) is 0 Å². The van der Waals surface area contributed by atoms with Gasteiger partial charge in [-0.2, -0.15) is 0 Å². The molecule has 2 aromatic carbocycles. The molecule has 0 saturated heterocycles. The quantitative estimate of drug-likeness (QED) is 0.456. The Kier molecular flexibility index (Phi) is 4.36. The number of aromatic nitrogens is 3. The zero-order chi connectivity index (χ0) is 17.1. The molecule has 0 radical (unpaired) electrons. The van der Waals surface area contributed by atoms with Crippen molar-refractivity contribution >= 4 is 15.9 Å². The van der Waals surface area contributed by atoms with Crippen molar-refractivity contribution in [3.63, 3.8) is 0 Å². The SMILES string of the molecule is Brc1ccnc(-c2cc(-c3ccccc3)nc(-c3ccccc3)n2)c1. The highest BCUT2D eigenvalue weighted by atomic mass is 79.9. The third-order valence-electron chi connectivity index (χ3n) is 3.81. The van der Waals surface area contributed by atoms with Gasteiger partial charge in [-0.25, -0.2) is 9.97 Å². The van der Waals surface area contributed by atoms with E-state index < -0.39 is 0 Å². The minimum atomic E-state index is 0.693. The summed E-state index contributed by atoms with van der Waals surface area (Å²) in [4.78, 5) is 14.0. The average Bonchev–Trinajstić information content (AvgIpc) is 2.69. The van der Waals surface area contributed by atoms with E-state index in [-0.39, 0.29) is 0 Å². The Bertz CT molecular complexity index is 944. The summed E-state index contributed by atoms with van der Waals surface area (Å²) in [7, 11) is 0. The van der Waals surface area contributed by atoms with E-state index in [1.54, 1.807) is 6.20 Å². The number of rotatable bonds is 3. The molecule has 0 N–H and O–H groups in total. The summed E-state index contributed by atoms with van der Waals surface area (Å²) in [5.74, 6) is 0.693. The Labute approximate surface area is 154 Å². The fourth-order valence-corrected chi connectivity index (χ4v) is 2.93. The van der Waals surface area contributed by atoms with Crippen molar-refractivity contribution in [2.75, 3.05) is 0 Å². The second kappa shape index (κ2) is 6.95. The van der Waals surface area contributed by atoms with Gasteiger partial charge in [-0.15, -0.1) is 0 Å². The van der Waals surface area contributed by atoms with E-state index >= 15 is 0 Å². The summed E-state index contributed by atoms with van der Waals surface area (Å²) in [6.45, 7) is 0. The van der Waals surface area contributed by atoms with Gasteiger partial charge >= 0.3 is 0 Å². The van der Waals surface area contributed by atoms with Gasteiger partial charge in [0.15, 0.2) is 5.82 Å². The molecule has 4 rings (SSSR count). The van der Waals surface area contributed by atoms with Crippen molar-refractivity contribution in [3.05, 3.63) is 89.5 Å². The third kappa shape index (κ3) is 3.49. The average molecular weight is 388 g/mol. The van der Waals surface area contributed by atoms with Crippen LogP contribution < -0.4 is 0 Å². The molecule has 2 heterocycles.